The van der Waals surface area contributed by atoms with Crippen molar-refractivity contribution >= 4 is 5.97 Å². The van der Waals surface area contributed by atoms with E-state index in [1.54, 1.807) is 7.11 Å². The van der Waals surface area contributed by atoms with Crippen LogP contribution >= 0.6 is 0 Å². The van der Waals surface area contributed by atoms with E-state index in [0.29, 0.717) is 12.3 Å². The lowest BCUT2D eigenvalue weighted by atomic mass is 9.66. The highest BCUT2D eigenvalue weighted by molar-refractivity contribution is 5.73. The number of carbonyl (C=O) groups excluding carboxylic acids is 1. The van der Waals surface area contributed by atoms with Crippen molar-refractivity contribution in [3.05, 3.63) is 47.2 Å². The molecule has 0 saturated heterocycles. The van der Waals surface area contributed by atoms with Crippen LogP contribution in [0.2, 0.25) is 0 Å². The molecule has 24 heavy (non-hydrogen) atoms. The van der Waals surface area contributed by atoms with E-state index in [-0.39, 0.29) is 12.4 Å². The van der Waals surface area contributed by atoms with E-state index < -0.39 is 5.41 Å². The molecule has 132 valence electrons. The van der Waals surface area contributed by atoms with Gasteiger partial charge in [-0.2, -0.15) is 0 Å². The summed E-state index contributed by atoms with van der Waals surface area (Å²) in [4.78, 5) is 16.7. The molecule has 1 aromatic rings. The van der Waals surface area contributed by atoms with Crippen molar-refractivity contribution in [3.8, 4) is 5.88 Å². The number of hydrogen-bond acceptors (Lipinski definition) is 4. The number of ether oxygens (including phenoxy) is 2. The molecule has 4 heteroatoms. The number of pyridine rings is 1. The van der Waals surface area contributed by atoms with Crippen LogP contribution in [0.4, 0.5) is 0 Å². The number of aromatic nitrogens is 1. The molecule has 0 aliphatic carbocycles. The van der Waals surface area contributed by atoms with E-state index in [0.717, 1.165) is 23.3 Å². The second-order valence-electron chi connectivity index (χ2n) is 6.12. The zero-order valence-electron chi connectivity index (χ0n) is 15.7. The minimum atomic E-state index is -0.494. The highest BCUT2D eigenvalue weighted by Crippen LogP contribution is 2.44. The molecule has 1 aromatic heterocycles. The van der Waals surface area contributed by atoms with Crippen molar-refractivity contribution in [2.75, 3.05) is 14.2 Å². The number of esters is 1. The SMILES string of the molecule is C=C(C)CC(CC(=O)OC)(/C(=C/C)CC)c1ccc(OC)nc1C. The van der Waals surface area contributed by atoms with Gasteiger partial charge in [-0.1, -0.05) is 30.2 Å². The Morgan fingerprint density at radius 3 is 2.42 bits per heavy atom. The first-order chi connectivity index (χ1) is 11.3. The first-order valence-corrected chi connectivity index (χ1v) is 8.23. The molecule has 0 saturated carbocycles. The van der Waals surface area contributed by atoms with Gasteiger partial charge in [0.2, 0.25) is 5.88 Å². The van der Waals surface area contributed by atoms with Gasteiger partial charge < -0.3 is 9.47 Å². The van der Waals surface area contributed by atoms with E-state index >= 15 is 0 Å². The first-order valence-electron chi connectivity index (χ1n) is 8.23. The fourth-order valence-electron chi connectivity index (χ4n) is 3.46. The predicted octanol–water partition coefficient (Wildman–Crippen LogP) is 4.52. The Kier molecular flexibility index (Phi) is 7.20. The van der Waals surface area contributed by atoms with Crippen LogP contribution in [0.1, 0.15) is 51.3 Å². The van der Waals surface area contributed by atoms with Crippen molar-refractivity contribution in [2.24, 2.45) is 0 Å². The number of carbonyl (C=O) groups is 1. The second-order valence-corrected chi connectivity index (χ2v) is 6.12. The zero-order valence-corrected chi connectivity index (χ0v) is 15.7. The maximum atomic E-state index is 12.2. The zero-order chi connectivity index (χ0) is 18.3. The Morgan fingerprint density at radius 2 is 2.00 bits per heavy atom. The number of rotatable bonds is 8. The fourth-order valence-corrected chi connectivity index (χ4v) is 3.46. The molecule has 1 heterocycles. The lowest BCUT2D eigenvalue weighted by Crippen LogP contribution is -2.34. The van der Waals surface area contributed by atoms with Gasteiger partial charge in [-0.05, 0) is 39.2 Å². The molecule has 1 unspecified atom stereocenters. The smallest absolute Gasteiger partial charge is 0.306 e. The molecule has 0 bridgehead atoms. The van der Waals surface area contributed by atoms with E-state index in [2.05, 4.69) is 24.6 Å². The molecule has 4 nitrogen and oxygen atoms in total. The molecule has 0 N–H and O–H groups in total. The minimum absolute atomic E-state index is 0.237. The van der Waals surface area contributed by atoms with Crippen molar-refractivity contribution in [3.63, 3.8) is 0 Å². The summed E-state index contributed by atoms with van der Waals surface area (Å²) >= 11 is 0. The van der Waals surface area contributed by atoms with E-state index in [9.17, 15) is 4.79 Å². The molecule has 0 aliphatic rings. The Morgan fingerprint density at radius 1 is 1.33 bits per heavy atom. The summed E-state index contributed by atoms with van der Waals surface area (Å²) in [6, 6.07) is 3.85. The van der Waals surface area contributed by atoms with Gasteiger partial charge >= 0.3 is 5.97 Å². The minimum Gasteiger partial charge on any atom is -0.481 e. The maximum Gasteiger partial charge on any atom is 0.306 e. The molecular formula is C20H29NO3. The molecule has 0 amide bonds. The maximum absolute atomic E-state index is 12.2. The van der Waals surface area contributed by atoms with Gasteiger partial charge in [-0.3, -0.25) is 4.79 Å². The monoisotopic (exact) mass is 331 g/mol. The summed E-state index contributed by atoms with van der Waals surface area (Å²) in [6.45, 7) is 12.1. The Labute approximate surface area is 145 Å². The van der Waals surface area contributed by atoms with Gasteiger partial charge in [0.1, 0.15) is 0 Å². The number of allylic oxidation sites excluding steroid dienone is 3. The van der Waals surface area contributed by atoms with Gasteiger partial charge in [0.25, 0.3) is 0 Å². The summed E-state index contributed by atoms with van der Waals surface area (Å²) in [5, 5.41) is 0. The van der Waals surface area contributed by atoms with Crippen LogP contribution < -0.4 is 4.74 Å². The van der Waals surface area contributed by atoms with E-state index in [4.69, 9.17) is 9.47 Å². The van der Waals surface area contributed by atoms with Gasteiger partial charge in [-0.25, -0.2) is 4.98 Å². The number of aryl methyl sites for hydroxylation is 1. The van der Waals surface area contributed by atoms with Crippen molar-refractivity contribution in [1.29, 1.82) is 0 Å². The van der Waals surface area contributed by atoms with Crippen LogP contribution in [0.5, 0.6) is 5.88 Å². The van der Waals surface area contributed by atoms with Gasteiger partial charge in [0.05, 0.1) is 20.6 Å². The number of nitrogens with zero attached hydrogens (tertiary/aromatic N) is 1. The standard InChI is InChI=1S/C20H29NO3/c1-8-16(9-2)20(12-14(3)4,13-19(22)24-7)17-10-11-18(23-6)21-15(17)5/h8,10-11H,3,9,12-13H2,1-2,4-7H3/b16-8+. The molecule has 1 rings (SSSR count). The summed E-state index contributed by atoms with van der Waals surface area (Å²) in [6.07, 6.45) is 3.87. The Bertz CT molecular complexity index is 634. The Hall–Kier alpha value is -2.10. The van der Waals surface area contributed by atoms with Gasteiger partial charge in [0.15, 0.2) is 0 Å². The highest BCUT2D eigenvalue weighted by Gasteiger charge is 2.39. The van der Waals surface area contributed by atoms with Crippen LogP contribution in [0.25, 0.3) is 0 Å². The third-order valence-corrected chi connectivity index (χ3v) is 4.41. The molecule has 0 aromatic carbocycles. The Balaban J connectivity index is 3.65. The summed E-state index contributed by atoms with van der Waals surface area (Å²) in [5.74, 6) is 0.330. The third kappa shape index (κ3) is 4.25. The average molecular weight is 331 g/mol. The van der Waals surface area contributed by atoms with Crippen LogP contribution in [0.3, 0.4) is 0 Å². The molecular weight excluding hydrogens is 302 g/mol. The van der Waals surface area contributed by atoms with Crippen molar-refractivity contribution in [1.82, 2.24) is 4.98 Å². The van der Waals surface area contributed by atoms with Crippen molar-refractivity contribution in [2.45, 2.75) is 52.4 Å². The van der Waals surface area contributed by atoms with Crippen LogP contribution in [-0.4, -0.2) is 25.2 Å². The predicted molar refractivity (Wildman–Crippen MR) is 97.3 cm³/mol. The van der Waals surface area contributed by atoms with E-state index in [1.165, 1.54) is 12.7 Å². The molecule has 1 atom stereocenters. The van der Waals surface area contributed by atoms with E-state index in [1.807, 2.05) is 32.9 Å². The largest absolute Gasteiger partial charge is 0.481 e. The lowest BCUT2D eigenvalue weighted by Gasteiger charge is -2.37. The van der Waals surface area contributed by atoms with Crippen LogP contribution in [0.15, 0.2) is 35.9 Å². The molecule has 0 spiro atoms. The van der Waals surface area contributed by atoms with Crippen molar-refractivity contribution < 1.29 is 14.3 Å². The summed E-state index contributed by atoms with van der Waals surface area (Å²) in [5.41, 5.74) is 3.58. The quantitative estimate of drug-likeness (QED) is 0.519. The third-order valence-electron chi connectivity index (χ3n) is 4.41. The van der Waals surface area contributed by atoms with Gasteiger partial charge in [-0.15, -0.1) is 6.58 Å². The number of methoxy groups -OCH3 is 2. The fraction of sp³-hybridized carbons (Fsp3) is 0.500. The van der Waals surface area contributed by atoms with Crippen LogP contribution in [-0.2, 0) is 14.9 Å². The highest BCUT2D eigenvalue weighted by atomic mass is 16.5. The second kappa shape index (κ2) is 8.67. The molecule has 0 aliphatic heterocycles. The normalized spacial score (nSPS) is 14.0. The summed E-state index contributed by atoms with van der Waals surface area (Å²) < 4.78 is 10.2. The average Bonchev–Trinajstić information content (AvgIpc) is 2.54. The lowest BCUT2D eigenvalue weighted by molar-refractivity contribution is -0.141. The first kappa shape index (κ1) is 19.9. The topological polar surface area (TPSA) is 48.4 Å². The number of hydrogen-bond donors (Lipinski definition) is 0. The summed E-state index contributed by atoms with van der Waals surface area (Å²) in [7, 11) is 3.02. The molecule has 0 radical (unpaired) electrons. The van der Waals surface area contributed by atoms with Crippen LogP contribution in [0, 0.1) is 6.92 Å². The molecule has 0 fully saturated rings. The van der Waals surface area contributed by atoms with Gasteiger partial charge in [0, 0.05) is 17.2 Å².